The van der Waals surface area contributed by atoms with Crippen molar-refractivity contribution in [3.8, 4) is 0 Å². The summed E-state index contributed by atoms with van der Waals surface area (Å²) >= 11 is 2.39. The molecule has 1 N–H and O–H groups in total. The third kappa shape index (κ3) is 5.90. The average molecular weight is 399 g/mol. The van der Waals surface area contributed by atoms with Gasteiger partial charge in [-0.2, -0.15) is 0 Å². The molecule has 3 atom stereocenters. The molecular weight excluding hydrogens is 369 g/mol. The van der Waals surface area contributed by atoms with E-state index in [1.54, 1.807) is 0 Å². The molecular formula is C19H30IN. The lowest BCUT2D eigenvalue weighted by molar-refractivity contribution is 0.182. The summed E-state index contributed by atoms with van der Waals surface area (Å²) in [6, 6.07) is 9.13. The molecule has 0 aliphatic heterocycles. The zero-order chi connectivity index (χ0) is 15.2. The molecule has 0 saturated heterocycles. The van der Waals surface area contributed by atoms with E-state index in [1.165, 1.54) is 41.4 Å². The van der Waals surface area contributed by atoms with E-state index in [1.807, 2.05) is 0 Å². The molecule has 0 heterocycles. The normalized spacial score (nSPS) is 26.2. The van der Waals surface area contributed by atoms with Crippen LogP contribution in [0.15, 0.2) is 24.3 Å². The number of benzene rings is 1. The van der Waals surface area contributed by atoms with E-state index < -0.39 is 0 Å². The van der Waals surface area contributed by atoms with Crippen molar-refractivity contribution >= 4 is 22.6 Å². The Morgan fingerprint density at radius 2 is 1.86 bits per heavy atom. The number of halogens is 1. The van der Waals surface area contributed by atoms with E-state index in [2.05, 4.69) is 72.9 Å². The maximum atomic E-state index is 3.69. The van der Waals surface area contributed by atoms with Crippen molar-refractivity contribution in [1.29, 1.82) is 0 Å². The van der Waals surface area contributed by atoms with Gasteiger partial charge in [0, 0.05) is 3.57 Å². The van der Waals surface area contributed by atoms with E-state index in [0.717, 1.165) is 30.2 Å². The van der Waals surface area contributed by atoms with Crippen LogP contribution in [-0.2, 0) is 6.42 Å². The molecule has 0 aromatic heterocycles. The Labute approximate surface area is 144 Å². The van der Waals surface area contributed by atoms with E-state index >= 15 is 0 Å². The van der Waals surface area contributed by atoms with Crippen molar-refractivity contribution in [2.24, 2.45) is 23.7 Å². The first-order valence-electron chi connectivity index (χ1n) is 8.49. The predicted octanol–water partition coefficient (Wildman–Crippen LogP) is 5.13. The molecule has 21 heavy (non-hydrogen) atoms. The Morgan fingerprint density at radius 3 is 2.52 bits per heavy atom. The predicted molar refractivity (Wildman–Crippen MR) is 101 cm³/mol. The average Bonchev–Trinajstić information content (AvgIpc) is 2.43. The summed E-state index contributed by atoms with van der Waals surface area (Å²) in [6.07, 6.45) is 5.48. The van der Waals surface area contributed by atoms with Gasteiger partial charge in [-0.1, -0.05) is 39.3 Å². The molecule has 1 aromatic rings. The summed E-state index contributed by atoms with van der Waals surface area (Å²) in [5, 5.41) is 3.69. The fourth-order valence-electron chi connectivity index (χ4n) is 3.56. The molecule has 1 fully saturated rings. The zero-order valence-electron chi connectivity index (χ0n) is 13.7. The highest BCUT2D eigenvalue weighted by Crippen LogP contribution is 2.35. The highest BCUT2D eigenvalue weighted by atomic mass is 127. The monoisotopic (exact) mass is 399 g/mol. The third-order valence-corrected chi connectivity index (χ3v) is 5.49. The molecule has 0 bridgehead atoms. The molecule has 2 rings (SSSR count). The van der Waals surface area contributed by atoms with Crippen LogP contribution in [0.3, 0.4) is 0 Å². The molecule has 0 amide bonds. The van der Waals surface area contributed by atoms with E-state index in [0.29, 0.717) is 0 Å². The van der Waals surface area contributed by atoms with Crippen LogP contribution in [0.25, 0.3) is 0 Å². The minimum atomic E-state index is 0.752. The molecule has 1 aliphatic rings. The van der Waals surface area contributed by atoms with Crippen LogP contribution in [0.2, 0.25) is 0 Å². The molecule has 1 saturated carbocycles. The Balaban J connectivity index is 1.92. The maximum Gasteiger partial charge on any atom is 0.0130 e. The van der Waals surface area contributed by atoms with Crippen LogP contribution in [0.4, 0.5) is 0 Å². The summed E-state index contributed by atoms with van der Waals surface area (Å²) in [5.74, 6) is 3.37. The lowest BCUT2D eigenvalue weighted by atomic mass is 9.72. The minimum Gasteiger partial charge on any atom is -0.316 e. The highest BCUT2D eigenvalue weighted by Gasteiger charge is 2.28. The quantitative estimate of drug-likeness (QED) is 0.654. The molecule has 118 valence electrons. The minimum absolute atomic E-state index is 0.752. The molecule has 0 spiro atoms. The van der Waals surface area contributed by atoms with Crippen LogP contribution in [0.5, 0.6) is 0 Å². The van der Waals surface area contributed by atoms with Gasteiger partial charge in [-0.05, 0) is 96.3 Å². The summed E-state index contributed by atoms with van der Waals surface area (Å²) in [7, 11) is 0. The van der Waals surface area contributed by atoms with Crippen LogP contribution < -0.4 is 5.32 Å². The zero-order valence-corrected chi connectivity index (χ0v) is 15.9. The Morgan fingerprint density at radius 1 is 1.14 bits per heavy atom. The van der Waals surface area contributed by atoms with Crippen LogP contribution in [0.1, 0.15) is 45.6 Å². The maximum absolute atomic E-state index is 3.69. The Hall–Kier alpha value is -0.0900. The largest absolute Gasteiger partial charge is 0.316 e. The van der Waals surface area contributed by atoms with Gasteiger partial charge in [0.1, 0.15) is 0 Å². The summed E-state index contributed by atoms with van der Waals surface area (Å²) in [5.41, 5.74) is 1.52. The molecule has 3 unspecified atom stereocenters. The van der Waals surface area contributed by atoms with Gasteiger partial charge in [-0.25, -0.2) is 0 Å². The standard InChI is InChI=1S/C19H30IN/c1-14(2)12-21-13-17-7-4-15(3)10-18(17)11-16-5-8-19(20)9-6-16/h5-6,8-9,14-15,17-18,21H,4,7,10-13H2,1-3H3. The van der Waals surface area contributed by atoms with Crippen molar-refractivity contribution in [2.75, 3.05) is 13.1 Å². The van der Waals surface area contributed by atoms with Crippen LogP contribution >= 0.6 is 22.6 Å². The molecule has 1 aromatic carbocycles. The van der Waals surface area contributed by atoms with Crippen LogP contribution in [-0.4, -0.2) is 13.1 Å². The van der Waals surface area contributed by atoms with Crippen molar-refractivity contribution in [3.05, 3.63) is 33.4 Å². The van der Waals surface area contributed by atoms with E-state index in [-0.39, 0.29) is 0 Å². The molecule has 0 radical (unpaired) electrons. The third-order valence-electron chi connectivity index (χ3n) is 4.77. The van der Waals surface area contributed by atoms with Gasteiger partial charge in [0.25, 0.3) is 0 Å². The van der Waals surface area contributed by atoms with Gasteiger partial charge >= 0.3 is 0 Å². The Bertz CT molecular complexity index is 412. The summed E-state index contributed by atoms with van der Waals surface area (Å²) in [4.78, 5) is 0. The molecule has 1 nitrogen and oxygen atoms in total. The number of nitrogens with one attached hydrogen (secondary N) is 1. The topological polar surface area (TPSA) is 12.0 Å². The van der Waals surface area contributed by atoms with Crippen molar-refractivity contribution in [1.82, 2.24) is 5.32 Å². The van der Waals surface area contributed by atoms with Gasteiger partial charge in [-0.3, -0.25) is 0 Å². The van der Waals surface area contributed by atoms with Gasteiger partial charge in [0.15, 0.2) is 0 Å². The fraction of sp³-hybridized carbons (Fsp3) is 0.684. The summed E-state index contributed by atoms with van der Waals surface area (Å²) < 4.78 is 1.34. The van der Waals surface area contributed by atoms with Gasteiger partial charge in [0.2, 0.25) is 0 Å². The van der Waals surface area contributed by atoms with Crippen molar-refractivity contribution in [2.45, 2.75) is 46.5 Å². The first-order chi connectivity index (χ1) is 10.0. The number of hydrogen-bond acceptors (Lipinski definition) is 1. The summed E-state index contributed by atoms with van der Waals surface area (Å²) in [6.45, 7) is 9.37. The highest BCUT2D eigenvalue weighted by molar-refractivity contribution is 14.1. The lowest BCUT2D eigenvalue weighted by Gasteiger charge is -2.35. The second-order valence-corrected chi connectivity index (χ2v) is 8.57. The van der Waals surface area contributed by atoms with Gasteiger partial charge in [-0.15, -0.1) is 0 Å². The van der Waals surface area contributed by atoms with Crippen molar-refractivity contribution in [3.63, 3.8) is 0 Å². The Kier molecular flexibility index (Phi) is 7.00. The van der Waals surface area contributed by atoms with E-state index in [9.17, 15) is 0 Å². The molecule has 2 heteroatoms. The molecule has 1 aliphatic carbocycles. The van der Waals surface area contributed by atoms with Gasteiger partial charge in [0.05, 0.1) is 0 Å². The number of hydrogen-bond donors (Lipinski definition) is 1. The smallest absolute Gasteiger partial charge is 0.0130 e. The second-order valence-electron chi connectivity index (χ2n) is 7.32. The second kappa shape index (κ2) is 8.52. The van der Waals surface area contributed by atoms with Crippen LogP contribution in [0, 0.1) is 27.2 Å². The SMILES string of the molecule is CC(C)CNCC1CCC(C)CC1Cc1ccc(I)cc1. The first kappa shape index (κ1) is 17.3. The fourth-order valence-corrected chi connectivity index (χ4v) is 3.92. The lowest BCUT2D eigenvalue weighted by Crippen LogP contribution is -2.35. The number of rotatable bonds is 6. The first-order valence-corrected chi connectivity index (χ1v) is 9.57. The van der Waals surface area contributed by atoms with Gasteiger partial charge < -0.3 is 5.32 Å². The van der Waals surface area contributed by atoms with Crippen molar-refractivity contribution < 1.29 is 0 Å². The van der Waals surface area contributed by atoms with E-state index in [4.69, 9.17) is 0 Å².